The third-order valence-corrected chi connectivity index (χ3v) is 3.41. The number of nitrogens with one attached hydrogen (secondary N) is 1. The number of carbonyl (C=O) groups is 2. The van der Waals surface area contributed by atoms with Crippen LogP contribution < -0.4 is 5.32 Å². The number of rotatable bonds is 6. The molecule has 0 heterocycles. The van der Waals surface area contributed by atoms with E-state index in [1.54, 1.807) is 13.8 Å². The fourth-order valence-corrected chi connectivity index (χ4v) is 2.13. The highest BCUT2D eigenvalue weighted by Crippen LogP contribution is 2.26. The Hall–Kier alpha value is -1.84. The van der Waals surface area contributed by atoms with Crippen molar-refractivity contribution in [3.05, 3.63) is 35.9 Å². The van der Waals surface area contributed by atoms with Crippen LogP contribution in [0.3, 0.4) is 0 Å². The first-order valence-corrected chi connectivity index (χ1v) is 6.82. The molecule has 0 fully saturated rings. The average Bonchev–Trinajstić information content (AvgIpc) is 2.35. The minimum Gasteiger partial charge on any atom is -0.480 e. The first kappa shape index (κ1) is 16.2. The number of aliphatic carboxylic acids is 1. The van der Waals surface area contributed by atoms with Crippen LogP contribution in [0, 0.1) is 5.92 Å². The van der Waals surface area contributed by atoms with Crippen molar-refractivity contribution in [2.75, 3.05) is 0 Å². The molecule has 20 heavy (non-hydrogen) atoms. The minimum absolute atomic E-state index is 0.142. The number of carboxylic acids is 1. The van der Waals surface area contributed by atoms with Crippen LogP contribution in [-0.2, 0) is 15.0 Å². The fourth-order valence-electron chi connectivity index (χ4n) is 2.13. The Morgan fingerprint density at radius 1 is 1.20 bits per heavy atom. The second-order valence-corrected chi connectivity index (χ2v) is 6.05. The highest BCUT2D eigenvalue weighted by atomic mass is 16.4. The molecule has 1 unspecified atom stereocenters. The van der Waals surface area contributed by atoms with Crippen LogP contribution in [0.4, 0.5) is 0 Å². The SMILES string of the molecule is CC(C)C(NC(=O)CC(C)(C)c1ccccc1)C(=O)O. The summed E-state index contributed by atoms with van der Waals surface area (Å²) >= 11 is 0. The van der Waals surface area contributed by atoms with Gasteiger partial charge in [0, 0.05) is 6.42 Å². The van der Waals surface area contributed by atoms with Crippen molar-refractivity contribution in [2.24, 2.45) is 5.92 Å². The normalized spacial score (nSPS) is 13.1. The second-order valence-electron chi connectivity index (χ2n) is 6.05. The molecule has 2 N–H and O–H groups in total. The van der Waals surface area contributed by atoms with E-state index in [9.17, 15) is 9.59 Å². The van der Waals surface area contributed by atoms with E-state index in [-0.39, 0.29) is 23.7 Å². The van der Waals surface area contributed by atoms with Crippen LogP contribution >= 0.6 is 0 Å². The van der Waals surface area contributed by atoms with E-state index in [1.807, 2.05) is 44.2 Å². The van der Waals surface area contributed by atoms with Gasteiger partial charge in [0.15, 0.2) is 0 Å². The van der Waals surface area contributed by atoms with Gasteiger partial charge in [-0.3, -0.25) is 4.79 Å². The van der Waals surface area contributed by atoms with Crippen LogP contribution in [0.15, 0.2) is 30.3 Å². The van der Waals surface area contributed by atoms with Crippen molar-refractivity contribution in [1.29, 1.82) is 0 Å². The molecule has 1 rings (SSSR count). The number of amides is 1. The molecule has 1 atom stereocenters. The molecule has 4 heteroatoms. The molecule has 110 valence electrons. The summed E-state index contributed by atoms with van der Waals surface area (Å²) in [6.45, 7) is 7.52. The minimum atomic E-state index is -0.995. The van der Waals surface area contributed by atoms with Crippen molar-refractivity contribution in [3.8, 4) is 0 Å². The molecule has 0 aliphatic carbocycles. The molecule has 1 aromatic rings. The highest BCUT2D eigenvalue weighted by Gasteiger charge is 2.28. The van der Waals surface area contributed by atoms with Crippen molar-refractivity contribution in [1.82, 2.24) is 5.32 Å². The third kappa shape index (κ3) is 4.37. The van der Waals surface area contributed by atoms with Gasteiger partial charge in [-0.25, -0.2) is 4.79 Å². The highest BCUT2D eigenvalue weighted by molar-refractivity contribution is 5.84. The Bertz CT molecular complexity index is 466. The predicted molar refractivity (Wildman–Crippen MR) is 78.5 cm³/mol. The summed E-state index contributed by atoms with van der Waals surface area (Å²) in [5, 5.41) is 11.7. The summed E-state index contributed by atoms with van der Waals surface area (Å²) in [6.07, 6.45) is 0.257. The van der Waals surface area contributed by atoms with Crippen LogP contribution in [0.1, 0.15) is 39.7 Å². The van der Waals surface area contributed by atoms with E-state index in [4.69, 9.17) is 5.11 Å². The first-order valence-electron chi connectivity index (χ1n) is 6.82. The van der Waals surface area contributed by atoms with Crippen molar-refractivity contribution >= 4 is 11.9 Å². The van der Waals surface area contributed by atoms with Crippen molar-refractivity contribution in [3.63, 3.8) is 0 Å². The quantitative estimate of drug-likeness (QED) is 0.840. The fraction of sp³-hybridized carbons (Fsp3) is 0.500. The van der Waals surface area contributed by atoms with Crippen LogP contribution in [0.5, 0.6) is 0 Å². The van der Waals surface area contributed by atoms with Gasteiger partial charge in [0.25, 0.3) is 0 Å². The van der Waals surface area contributed by atoms with Gasteiger partial charge in [-0.05, 0) is 16.9 Å². The zero-order valence-electron chi connectivity index (χ0n) is 12.5. The Balaban J connectivity index is 2.73. The number of carbonyl (C=O) groups excluding carboxylic acids is 1. The van der Waals surface area contributed by atoms with E-state index < -0.39 is 12.0 Å². The van der Waals surface area contributed by atoms with Gasteiger partial charge >= 0.3 is 5.97 Å². The molecule has 0 bridgehead atoms. The van der Waals surface area contributed by atoms with E-state index >= 15 is 0 Å². The lowest BCUT2D eigenvalue weighted by atomic mass is 9.81. The maximum atomic E-state index is 12.1. The maximum Gasteiger partial charge on any atom is 0.326 e. The van der Waals surface area contributed by atoms with Crippen LogP contribution in [0.25, 0.3) is 0 Å². The zero-order chi connectivity index (χ0) is 15.3. The molecule has 0 saturated carbocycles. The Morgan fingerprint density at radius 3 is 2.20 bits per heavy atom. The van der Waals surface area contributed by atoms with Crippen molar-refractivity contribution < 1.29 is 14.7 Å². The maximum absolute atomic E-state index is 12.1. The molecule has 0 aliphatic heterocycles. The summed E-state index contributed by atoms with van der Waals surface area (Å²) in [5.41, 5.74) is 0.734. The smallest absolute Gasteiger partial charge is 0.326 e. The summed E-state index contributed by atoms with van der Waals surface area (Å²) < 4.78 is 0. The molecule has 0 aromatic heterocycles. The number of hydrogen-bond donors (Lipinski definition) is 2. The molecular formula is C16H23NO3. The third-order valence-electron chi connectivity index (χ3n) is 3.41. The number of carboxylic acid groups (broad SMARTS) is 1. The van der Waals surface area contributed by atoms with Gasteiger partial charge in [0.1, 0.15) is 6.04 Å². The summed E-state index contributed by atoms with van der Waals surface area (Å²) in [6, 6.07) is 8.91. The lowest BCUT2D eigenvalue weighted by Gasteiger charge is -2.26. The van der Waals surface area contributed by atoms with Gasteiger partial charge in [-0.1, -0.05) is 58.0 Å². The lowest BCUT2D eigenvalue weighted by molar-refractivity contribution is -0.143. The molecule has 4 nitrogen and oxygen atoms in total. The van der Waals surface area contributed by atoms with Crippen LogP contribution in [0.2, 0.25) is 0 Å². The molecule has 0 aliphatic rings. The van der Waals surface area contributed by atoms with E-state index in [0.29, 0.717) is 0 Å². The molecule has 0 spiro atoms. The largest absolute Gasteiger partial charge is 0.480 e. The topological polar surface area (TPSA) is 66.4 Å². The second kappa shape index (κ2) is 6.55. The zero-order valence-corrected chi connectivity index (χ0v) is 12.5. The van der Waals surface area contributed by atoms with E-state index in [1.165, 1.54) is 0 Å². The first-order chi connectivity index (χ1) is 9.24. The van der Waals surface area contributed by atoms with Gasteiger partial charge in [0.2, 0.25) is 5.91 Å². The van der Waals surface area contributed by atoms with Gasteiger partial charge in [-0.2, -0.15) is 0 Å². The summed E-state index contributed by atoms with van der Waals surface area (Å²) in [7, 11) is 0. The summed E-state index contributed by atoms with van der Waals surface area (Å²) in [5.74, 6) is -1.37. The van der Waals surface area contributed by atoms with E-state index in [0.717, 1.165) is 5.56 Å². The molecule has 0 radical (unpaired) electrons. The number of benzene rings is 1. The summed E-state index contributed by atoms with van der Waals surface area (Å²) in [4.78, 5) is 23.2. The molecule has 0 saturated heterocycles. The van der Waals surface area contributed by atoms with Crippen molar-refractivity contribution in [2.45, 2.75) is 45.6 Å². The van der Waals surface area contributed by atoms with Gasteiger partial charge in [0.05, 0.1) is 0 Å². The predicted octanol–water partition coefficient (Wildman–Crippen LogP) is 2.58. The van der Waals surface area contributed by atoms with Crippen LogP contribution in [-0.4, -0.2) is 23.0 Å². The monoisotopic (exact) mass is 277 g/mol. The van der Waals surface area contributed by atoms with Gasteiger partial charge < -0.3 is 10.4 Å². The Kier molecular flexibility index (Phi) is 5.31. The molecular weight excluding hydrogens is 254 g/mol. The Morgan fingerprint density at radius 2 is 1.75 bits per heavy atom. The average molecular weight is 277 g/mol. The van der Waals surface area contributed by atoms with E-state index in [2.05, 4.69) is 5.32 Å². The lowest BCUT2D eigenvalue weighted by Crippen LogP contribution is -2.45. The Labute approximate surface area is 120 Å². The molecule has 1 amide bonds. The standard InChI is InChI=1S/C16H23NO3/c1-11(2)14(15(19)20)17-13(18)10-16(3,4)12-8-6-5-7-9-12/h5-9,11,14H,10H2,1-4H3,(H,17,18)(H,19,20). The van der Waals surface area contributed by atoms with Gasteiger partial charge in [-0.15, -0.1) is 0 Å². The molecule has 1 aromatic carbocycles. The number of hydrogen-bond acceptors (Lipinski definition) is 2.